The molecule has 0 aliphatic rings. The molecule has 0 saturated carbocycles. The van der Waals surface area contributed by atoms with E-state index < -0.39 is 10.9 Å². The topological polar surface area (TPSA) is 42.2 Å². The molecule has 1 heterocycles. The molecule has 0 fully saturated rings. The van der Waals surface area contributed by atoms with Crippen LogP contribution in [0.15, 0.2) is 22.8 Å². The van der Waals surface area contributed by atoms with Gasteiger partial charge < -0.3 is 9.73 Å². The van der Waals surface area contributed by atoms with E-state index in [4.69, 9.17) is 16.0 Å². The Morgan fingerprint density at radius 1 is 1.64 bits per heavy atom. The summed E-state index contributed by atoms with van der Waals surface area (Å²) >= 11 is 5.65. The van der Waals surface area contributed by atoms with Gasteiger partial charge in [-0.2, -0.15) is 0 Å². The fourth-order valence-corrected chi connectivity index (χ4v) is 1.16. The largest absolute Gasteiger partial charge is 0.467 e. The van der Waals surface area contributed by atoms with Gasteiger partial charge >= 0.3 is 0 Å². The van der Waals surface area contributed by atoms with Crippen LogP contribution in [0.3, 0.4) is 0 Å². The number of amides is 1. The van der Waals surface area contributed by atoms with Gasteiger partial charge in [-0.1, -0.05) is 0 Å². The maximum absolute atomic E-state index is 11.4. The molecule has 0 radical (unpaired) electrons. The molecule has 0 aliphatic heterocycles. The summed E-state index contributed by atoms with van der Waals surface area (Å²) < 4.78 is 5.22. The van der Waals surface area contributed by atoms with Crippen LogP contribution in [-0.2, 0) is 10.3 Å². The molecule has 0 aliphatic carbocycles. The minimum atomic E-state index is -0.538. The Bertz CT molecular complexity index is 304. The van der Waals surface area contributed by atoms with Crippen molar-refractivity contribution in [2.75, 3.05) is 0 Å². The van der Waals surface area contributed by atoms with Gasteiger partial charge in [0.1, 0.15) is 11.1 Å². The lowest BCUT2D eigenvalue weighted by Gasteiger charge is -2.24. The molecule has 1 rings (SSSR count). The highest BCUT2D eigenvalue weighted by Gasteiger charge is 2.26. The van der Waals surface area contributed by atoms with Crippen LogP contribution in [0.4, 0.5) is 0 Å². The van der Waals surface area contributed by atoms with Gasteiger partial charge in [0.2, 0.25) is 5.91 Å². The summed E-state index contributed by atoms with van der Waals surface area (Å²) in [6.45, 7) is 5.36. The van der Waals surface area contributed by atoms with Crippen molar-refractivity contribution in [1.29, 1.82) is 0 Å². The molecule has 0 aromatic carbocycles. The van der Waals surface area contributed by atoms with Crippen molar-refractivity contribution in [1.82, 2.24) is 5.32 Å². The number of carbonyl (C=O) groups excluding carboxylic acids is 1. The van der Waals surface area contributed by atoms with Crippen LogP contribution in [0.25, 0.3) is 0 Å². The average molecular weight is 216 g/mol. The summed E-state index contributed by atoms with van der Waals surface area (Å²) in [5, 5.41) is 2.26. The first-order chi connectivity index (χ1) is 6.43. The highest BCUT2D eigenvalue weighted by atomic mass is 35.5. The summed E-state index contributed by atoms with van der Waals surface area (Å²) in [7, 11) is 0. The average Bonchev–Trinajstić information content (AvgIpc) is 2.54. The van der Waals surface area contributed by atoms with Crippen LogP contribution in [0.1, 0.15) is 26.5 Å². The summed E-state index contributed by atoms with van der Waals surface area (Å²) in [6.07, 6.45) is 1.58. The number of nitrogens with one attached hydrogen (secondary N) is 1. The SMILES string of the molecule is CC(Cl)C(=O)NC(C)(C)c1ccco1. The smallest absolute Gasteiger partial charge is 0.238 e. The molecule has 1 amide bonds. The number of rotatable bonds is 3. The van der Waals surface area contributed by atoms with E-state index in [9.17, 15) is 4.79 Å². The maximum Gasteiger partial charge on any atom is 0.238 e. The van der Waals surface area contributed by atoms with E-state index in [2.05, 4.69) is 5.32 Å². The molecule has 14 heavy (non-hydrogen) atoms. The quantitative estimate of drug-likeness (QED) is 0.786. The third kappa shape index (κ3) is 2.51. The van der Waals surface area contributed by atoms with Gasteiger partial charge in [0, 0.05) is 0 Å². The Kier molecular flexibility index (Phi) is 3.21. The van der Waals surface area contributed by atoms with E-state index in [1.165, 1.54) is 0 Å². The van der Waals surface area contributed by atoms with Crippen LogP contribution in [-0.4, -0.2) is 11.3 Å². The van der Waals surface area contributed by atoms with E-state index in [0.29, 0.717) is 5.76 Å². The number of alkyl halides is 1. The molecule has 1 aromatic rings. The van der Waals surface area contributed by atoms with Gasteiger partial charge in [0.05, 0.1) is 11.8 Å². The van der Waals surface area contributed by atoms with E-state index in [1.807, 2.05) is 19.9 Å². The van der Waals surface area contributed by atoms with Crippen LogP contribution < -0.4 is 5.32 Å². The number of hydrogen-bond acceptors (Lipinski definition) is 2. The van der Waals surface area contributed by atoms with Crippen LogP contribution in [0, 0.1) is 0 Å². The van der Waals surface area contributed by atoms with Crippen LogP contribution in [0.2, 0.25) is 0 Å². The van der Waals surface area contributed by atoms with Crippen molar-refractivity contribution in [2.45, 2.75) is 31.7 Å². The molecule has 0 saturated heterocycles. The summed E-state index contributed by atoms with van der Waals surface area (Å²) in [5.41, 5.74) is -0.524. The molecule has 1 aromatic heterocycles. The monoisotopic (exact) mass is 215 g/mol. The molecule has 3 nitrogen and oxygen atoms in total. The summed E-state index contributed by atoms with van der Waals surface area (Å²) in [6, 6.07) is 3.60. The van der Waals surface area contributed by atoms with Gasteiger partial charge in [-0.25, -0.2) is 0 Å². The summed E-state index contributed by atoms with van der Waals surface area (Å²) in [4.78, 5) is 11.4. The lowest BCUT2D eigenvalue weighted by atomic mass is 10.0. The molecule has 1 unspecified atom stereocenters. The number of carbonyl (C=O) groups is 1. The Hall–Kier alpha value is -0.960. The maximum atomic E-state index is 11.4. The second-order valence-electron chi connectivity index (χ2n) is 3.71. The molecule has 1 atom stereocenters. The molecule has 1 N–H and O–H groups in total. The van der Waals surface area contributed by atoms with Gasteiger partial charge in [-0.3, -0.25) is 4.79 Å². The zero-order valence-electron chi connectivity index (χ0n) is 8.50. The highest BCUT2D eigenvalue weighted by molar-refractivity contribution is 6.30. The fourth-order valence-electron chi connectivity index (χ4n) is 1.10. The number of furan rings is 1. The van der Waals surface area contributed by atoms with E-state index >= 15 is 0 Å². The molecule has 0 bridgehead atoms. The first-order valence-electron chi connectivity index (χ1n) is 4.43. The molecule has 0 spiro atoms. The standard InChI is InChI=1S/C10H14ClNO2/c1-7(11)9(13)12-10(2,3)8-5-4-6-14-8/h4-7H,1-3H3,(H,12,13). The zero-order valence-corrected chi connectivity index (χ0v) is 9.26. The van der Waals surface area contributed by atoms with Crippen molar-refractivity contribution >= 4 is 17.5 Å². The van der Waals surface area contributed by atoms with Gasteiger partial charge in [-0.15, -0.1) is 11.6 Å². The van der Waals surface area contributed by atoms with Crippen molar-refractivity contribution in [2.24, 2.45) is 0 Å². The molecule has 78 valence electrons. The highest BCUT2D eigenvalue weighted by Crippen LogP contribution is 2.20. The van der Waals surface area contributed by atoms with E-state index in [1.54, 1.807) is 19.3 Å². The van der Waals surface area contributed by atoms with Crippen molar-refractivity contribution in [3.63, 3.8) is 0 Å². The molecular weight excluding hydrogens is 202 g/mol. The third-order valence-electron chi connectivity index (χ3n) is 1.93. The lowest BCUT2D eigenvalue weighted by molar-refractivity contribution is -0.122. The van der Waals surface area contributed by atoms with E-state index in [-0.39, 0.29) is 5.91 Å². The number of halogens is 1. The zero-order chi connectivity index (χ0) is 10.8. The third-order valence-corrected chi connectivity index (χ3v) is 2.13. The van der Waals surface area contributed by atoms with E-state index in [0.717, 1.165) is 0 Å². The predicted molar refractivity (Wildman–Crippen MR) is 55.2 cm³/mol. The first kappa shape index (κ1) is 11.1. The van der Waals surface area contributed by atoms with Crippen molar-refractivity contribution in [3.8, 4) is 0 Å². The van der Waals surface area contributed by atoms with Crippen LogP contribution in [0.5, 0.6) is 0 Å². The normalized spacial score (nSPS) is 13.7. The minimum Gasteiger partial charge on any atom is -0.467 e. The lowest BCUT2D eigenvalue weighted by Crippen LogP contribution is -2.43. The van der Waals surface area contributed by atoms with Gasteiger partial charge in [-0.05, 0) is 32.9 Å². The number of hydrogen-bond donors (Lipinski definition) is 1. The predicted octanol–water partition coefficient (Wildman–Crippen LogP) is 2.26. The minimum absolute atomic E-state index is 0.201. The fraction of sp³-hybridized carbons (Fsp3) is 0.500. The molecular formula is C10H14ClNO2. The first-order valence-corrected chi connectivity index (χ1v) is 4.87. The van der Waals surface area contributed by atoms with Crippen molar-refractivity contribution < 1.29 is 9.21 Å². The second-order valence-corrected chi connectivity index (χ2v) is 4.36. The Morgan fingerprint density at radius 2 is 2.29 bits per heavy atom. The Balaban J connectivity index is 2.72. The van der Waals surface area contributed by atoms with Gasteiger partial charge in [0.15, 0.2) is 0 Å². The molecule has 4 heteroatoms. The van der Waals surface area contributed by atoms with Crippen LogP contribution >= 0.6 is 11.6 Å². The Morgan fingerprint density at radius 3 is 2.71 bits per heavy atom. The Labute approximate surface area is 88.4 Å². The van der Waals surface area contributed by atoms with Gasteiger partial charge in [0.25, 0.3) is 0 Å². The van der Waals surface area contributed by atoms with Crippen molar-refractivity contribution in [3.05, 3.63) is 24.2 Å². The second kappa shape index (κ2) is 4.05. The summed E-state index contributed by atoms with van der Waals surface area (Å²) in [5.74, 6) is 0.510.